The summed E-state index contributed by atoms with van der Waals surface area (Å²) in [6.07, 6.45) is 1.90. The number of likely N-dealkylation sites (N-methyl/N-ethyl adjacent to an activating group) is 1. The average molecular weight is 383 g/mol. The van der Waals surface area contributed by atoms with E-state index < -0.39 is 0 Å². The molecule has 28 heavy (non-hydrogen) atoms. The van der Waals surface area contributed by atoms with Gasteiger partial charge in [-0.3, -0.25) is 4.90 Å². The molecule has 1 amide bonds. The number of nitrogens with zero attached hydrogens (tertiary/aromatic N) is 2. The topological polar surface area (TPSA) is 29.5 Å². The van der Waals surface area contributed by atoms with Crippen LogP contribution in [0, 0.1) is 18.7 Å². The van der Waals surface area contributed by atoms with E-state index in [9.17, 15) is 9.18 Å². The van der Waals surface area contributed by atoms with Gasteiger partial charge in [-0.2, -0.15) is 0 Å². The summed E-state index contributed by atoms with van der Waals surface area (Å²) >= 11 is 0. The largest absolute Gasteiger partial charge is 0.440 e. The molecule has 3 aliphatic rings. The number of carbonyl (C=O) groups is 1. The predicted octanol–water partition coefficient (Wildman–Crippen LogP) is 4.52. The van der Waals surface area contributed by atoms with Crippen molar-refractivity contribution in [2.45, 2.75) is 32.4 Å². The third kappa shape index (κ3) is 4.04. The van der Waals surface area contributed by atoms with Crippen molar-refractivity contribution in [1.29, 1.82) is 0 Å². The Kier molecular flexibility index (Phi) is 5.11. The summed E-state index contributed by atoms with van der Waals surface area (Å²) in [5, 5.41) is 0. The van der Waals surface area contributed by atoms with Crippen LogP contribution in [0.25, 0.3) is 0 Å². The summed E-state index contributed by atoms with van der Waals surface area (Å²) in [6, 6.07) is 14.1. The van der Waals surface area contributed by atoms with Crippen LogP contribution in [0.5, 0.6) is 0 Å². The maximum atomic E-state index is 13.3. The summed E-state index contributed by atoms with van der Waals surface area (Å²) in [5.74, 6) is 0.187. The minimum absolute atomic E-state index is 0.0273. The number of amides is 1. The number of halogens is 1. The summed E-state index contributed by atoms with van der Waals surface area (Å²) < 4.78 is 20.3. The Hall–Kier alpha value is -2.40. The fourth-order valence-electron chi connectivity index (χ4n) is 4.51. The van der Waals surface area contributed by atoms with Crippen LogP contribution in [0.1, 0.15) is 24.0 Å². The summed E-state index contributed by atoms with van der Waals surface area (Å²) in [6.45, 7) is 5.61. The number of carbonyl (C=O) groups excluding carboxylic acids is 1. The number of aryl methyl sites for hydroxylation is 1. The minimum atomic E-state index is -0.319. The average Bonchev–Trinajstić information content (AvgIpc) is 2.67. The van der Waals surface area contributed by atoms with E-state index in [1.54, 1.807) is 17.0 Å². The zero-order valence-electron chi connectivity index (χ0n) is 16.6. The normalized spacial score (nSPS) is 26.1. The van der Waals surface area contributed by atoms with Crippen LogP contribution in [0.15, 0.2) is 48.5 Å². The van der Waals surface area contributed by atoms with Gasteiger partial charge in [0.1, 0.15) is 12.4 Å². The number of hydrogen-bond acceptors (Lipinski definition) is 2. The highest BCUT2D eigenvalue weighted by Crippen LogP contribution is 2.34. The molecule has 1 atom stereocenters. The van der Waals surface area contributed by atoms with E-state index in [2.05, 4.69) is 7.05 Å². The molecule has 2 aromatic rings. The molecule has 0 radical (unpaired) electrons. The first-order chi connectivity index (χ1) is 13.4. The van der Waals surface area contributed by atoms with Crippen LogP contribution in [-0.4, -0.2) is 43.4 Å². The number of benzene rings is 2. The highest BCUT2D eigenvalue weighted by atomic mass is 19.1. The molecular formula is C23H28FN2O2+. The first-order valence-corrected chi connectivity index (χ1v) is 10.0. The van der Waals surface area contributed by atoms with Crippen LogP contribution < -0.4 is 4.90 Å². The Morgan fingerprint density at radius 1 is 1.18 bits per heavy atom. The van der Waals surface area contributed by atoms with E-state index in [1.165, 1.54) is 25.2 Å². The lowest BCUT2D eigenvalue weighted by atomic mass is 9.84. The molecule has 4 nitrogen and oxygen atoms in total. The second-order valence-corrected chi connectivity index (χ2v) is 8.56. The van der Waals surface area contributed by atoms with Gasteiger partial charge in [0.25, 0.3) is 0 Å². The molecule has 3 aliphatic heterocycles. The van der Waals surface area contributed by atoms with Gasteiger partial charge in [-0.25, -0.2) is 9.18 Å². The molecule has 3 saturated heterocycles. The number of piperidine rings is 3. The summed E-state index contributed by atoms with van der Waals surface area (Å²) in [4.78, 5) is 14.9. The lowest BCUT2D eigenvalue weighted by Gasteiger charge is -2.49. The van der Waals surface area contributed by atoms with Gasteiger partial charge >= 0.3 is 6.09 Å². The number of ether oxygens (including phenoxy) is 1. The molecule has 5 heteroatoms. The monoisotopic (exact) mass is 383 g/mol. The van der Waals surface area contributed by atoms with E-state index in [4.69, 9.17) is 4.74 Å². The Morgan fingerprint density at radius 2 is 1.89 bits per heavy atom. The molecule has 148 valence electrons. The van der Waals surface area contributed by atoms with Gasteiger partial charge in [-0.1, -0.05) is 24.3 Å². The molecule has 0 saturated carbocycles. The van der Waals surface area contributed by atoms with Crippen molar-refractivity contribution in [2.24, 2.45) is 5.92 Å². The van der Waals surface area contributed by atoms with Gasteiger partial charge in [0.2, 0.25) is 0 Å². The van der Waals surface area contributed by atoms with Gasteiger partial charge in [-0.05, 0) is 42.3 Å². The highest BCUT2D eigenvalue weighted by Gasteiger charge is 2.45. The quantitative estimate of drug-likeness (QED) is 0.727. The third-order valence-corrected chi connectivity index (χ3v) is 6.27. The number of anilines is 1. The zero-order chi connectivity index (χ0) is 19.7. The number of hydrogen-bond donors (Lipinski definition) is 0. The highest BCUT2D eigenvalue weighted by molar-refractivity contribution is 5.87. The smallest absolute Gasteiger partial charge is 0.415 e. The molecule has 5 rings (SSSR count). The molecule has 2 aromatic carbocycles. The molecule has 0 N–H and O–H groups in total. The van der Waals surface area contributed by atoms with Gasteiger partial charge < -0.3 is 9.22 Å². The maximum absolute atomic E-state index is 13.3. The van der Waals surface area contributed by atoms with E-state index in [0.29, 0.717) is 12.5 Å². The fraction of sp³-hybridized carbons (Fsp3) is 0.435. The van der Waals surface area contributed by atoms with E-state index >= 15 is 0 Å². The lowest BCUT2D eigenvalue weighted by Crippen LogP contribution is -2.62. The Bertz CT molecular complexity index is 844. The number of fused-ring (bicyclic) bond motifs is 3. The van der Waals surface area contributed by atoms with Gasteiger partial charge in [0.05, 0.1) is 26.7 Å². The summed E-state index contributed by atoms with van der Waals surface area (Å²) in [7, 11) is 2.26. The molecule has 2 bridgehead atoms. The van der Waals surface area contributed by atoms with Gasteiger partial charge in [0, 0.05) is 24.4 Å². The Balaban J connectivity index is 1.55. The van der Waals surface area contributed by atoms with Crippen molar-refractivity contribution in [1.82, 2.24) is 0 Å². The summed E-state index contributed by atoms with van der Waals surface area (Å²) in [5.41, 5.74) is 2.75. The third-order valence-electron chi connectivity index (χ3n) is 6.27. The Morgan fingerprint density at radius 3 is 2.54 bits per heavy atom. The minimum Gasteiger partial charge on any atom is -0.440 e. The molecule has 0 aromatic heterocycles. The van der Waals surface area contributed by atoms with Gasteiger partial charge in [-0.15, -0.1) is 0 Å². The van der Waals surface area contributed by atoms with Crippen molar-refractivity contribution in [3.05, 3.63) is 65.5 Å². The van der Waals surface area contributed by atoms with E-state index in [0.717, 1.165) is 40.7 Å². The van der Waals surface area contributed by atoms with Crippen molar-refractivity contribution >= 4 is 11.8 Å². The van der Waals surface area contributed by atoms with E-state index in [-0.39, 0.29) is 18.0 Å². The van der Waals surface area contributed by atoms with Crippen molar-refractivity contribution in [2.75, 3.05) is 31.6 Å². The van der Waals surface area contributed by atoms with Crippen LogP contribution in [-0.2, 0) is 11.3 Å². The van der Waals surface area contributed by atoms with Crippen LogP contribution >= 0.6 is 0 Å². The Labute approximate surface area is 166 Å². The maximum Gasteiger partial charge on any atom is 0.415 e. The van der Waals surface area contributed by atoms with Crippen molar-refractivity contribution < 1.29 is 18.4 Å². The van der Waals surface area contributed by atoms with Crippen LogP contribution in [0.2, 0.25) is 0 Å². The number of quaternary nitrogens is 1. The van der Waals surface area contributed by atoms with Gasteiger partial charge in [0.15, 0.2) is 6.10 Å². The standard InChI is InChI=1S/C23H28FN2O2/c1-17-4-3-5-21(14-17)25(15-18-6-8-20(24)9-7-18)23(27)28-22-16-26(2)12-10-19(22)11-13-26/h3-9,14,19,22H,10-13,15-16H2,1-2H3/q+1/t19?,22-,26?/m0/s1. The first kappa shape index (κ1) is 18.9. The fourth-order valence-corrected chi connectivity index (χ4v) is 4.51. The first-order valence-electron chi connectivity index (χ1n) is 10.0. The number of rotatable bonds is 4. The molecule has 0 aliphatic carbocycles. The molecule has 3 fully saturated rings. The predicted molar refractivity (Wildman–Crippen MR) is 108 cm³/mol. The van der Waals surface area contributed by atoms with Crippen molar-refractivity contribution in [3.8, 4) is 0 Å². The van der Waals surface area contributed by atoms with Crippen LogP contribution in [0.4, 0.5) is 14.9 Å². The second-order valence-electron chi connectivity index (χ2n) is 8.56. The molecule has 0 spiro atoms. The molecule has 3 heterocycles. The molecule has 0 unspecified atom stereocenters. The molecular weight excluding hydrogens is 355 g/mol. The van der Waals surface area contributed by atoms with Crippen molar-refractivity contribution in [3.63, 3.8) is 0 Å². The zero-order valence-corrected chi connectivity index (χ0v) is 16.6. The van der Waals surface area contributed by atoms with E-state index in [1.807, 2.05) is 31.2 Å². The SMILES string of the molecule is Cc1cccc(N(Cc2ccc(F)cc2)C(=O)O[C@H]2C[N+]3(C)CCC2CC3)c1. The second kappa shape index (κ2) is 7.55. The lowest BCUT2D eigenvalue weighted by molar-refractivity contribution is -0.928. The van der Waals surface area contributed by atoms with Crippen LogP contribution in [0.3, 0.4) is 0 Å².